The van der Waals surface area contributed by atoms with Crippen molar-refractivity contribution in [3.05, 3.63) is 64.2 Å². The summed E-state index contributed by atoms with van der Waals surface area (Å²) < 4.78 is 10.5. The largest absolute Gasteiger partial charge is 0.493 e. The zero-order chi connectivity index (χ0) is 21.5. The number of nitrogens with zero attached hydrogens (tertiary/aromatic N) is 1. The lowest BCUT2D eigenvalue weighted by molar-refractivity contribution is -0.121. The van der Waals surface area contributed by atoms with E-state index < -0.39 is 0 Å². The summed E-state index contributed by atoms with van der Waals surface area (Å²) >= 11 is 0. The highest BCUT2D eigenvalue weighted by molar-refractivity contribution is 5.77. The van der Waals surface area contributed by atoms with Crippen molar-refractivity contribution in [2.45, 2.75) is 26.2 Å². The molecular formula is C23H27N3O4. The fourth-order valence-corrected chi connectivity index (χ4v) is 3.40. The molecule has 1 aromatic heterocycles. The van der Waals surface area contributed by atoms with Gasteiger partial charge in [-0.25, -0.2) is 4.98 Å². The highest BCUT2D eigenvalue weighted by atomic mass is 16.5. The molecule has 0 saturated carbocycles. The van der Waals surface area contributed by atoms with E-state index in [1.807, 2.05) is 43.3 Å². The monoisotopic (exact) mass is 409 g/mol. The minimum absolute atomic E-state index is 0.0221. The first-order valence-electron chi connectivity index (χ1n) is 9.95. The van der Waals surface area contributed by atoms with E-state index in [1.165, 1.54) is 0 Å². The molecule has 0 fully saturated rings. The van der Waals surface area contributed by atoms with Gasteiger partial charge in [-0.15, -0.1) is 0 Å². The molecule has 1 atom stereocenters. The third-order valence-electron chi connectivity index (χ3n) is 4.92. The van der Waals surface area contributed by atoms with Crippen LogP contribution in [-0.2, 0) is 17.6 Å². The van der Waals surface area contributed by atoms with Gasteiger partial charge in [0, 0.05) is 19.4 Å². The summed E-state index contributed by atoms with van der Waals surface area (Å²) in [5.74, 6) is 1.98. The summed E-state index contributed by atoms with van der Waals surface area (Å²) in [4.78, 5) is 31.8. The number of H-pyrrole nitrogens is 1. The molecule has 3 aromatic rings. The van der Waals surface area contributed by atoms with Crippen molar-refractivity contribution in [3.8, 4) is 11.5 Å². The lowest BCUT2D eigenvalue weighted by Crippen LogP contribution is -2.27. The molecule has 1 amide bonds. The standard InChI is InChI=1S/C23H27N3O4/c1-15(12-21-25-18-7-5-4-6-17(18)23(28)26-21)13-22(27)24-11-10-16-8-9-19(29-2)20(14-16)30-3/h4-9,14-15H,10-13H2,1-3H3,(H,24,27)(H,25,26,28). The second-order valence-corrected chi connectivity index (χ2v) is 7.33. The summed E-state index contributed by atoms with van der Waals surface area (Å²) in [5.41, 5.74) is 1.57. The van der Waals surface area contributed by atoms with Crippen LogP contribution in [0, 0.1) is 5.92 Å². The number of ether oxygens (including phenoxy) is 2. The quantitative estimate of drug-likeness (QED) is 0.567. The molecule has 7 heteroatoms. The van der Waals surface area contributed by atoms with Crippen molar-refractivity contribution < 1.29 is 14.3 Å². The Kier molecular flexibility index (Phi) is 7.06. The number of carbonyl (C=O) groups is 1. The third kappa shape index (κ3) is 5.37. The maximum atomic E-state index is 12.3. The Hall–Kier alpha value is -3.35. The van der Waals surface area contributed by atoms with Gasteiger partial charge < -0.3 is 19.8 Å². The minimum Gasteiger partial charge on any atom is -0.493 e. The van der Waals surface area contributed by atoms with Crippen molar-refractivity contribution in [3.63, 3.8) is 0 Å². The van der Waals surface area contributed by atoms with Gasteiger partial charge in [0.25, 0.3) is 5.56 Å². The molecule has 158 valence electrons. The minimum atomic E-state index is -0.151. The number of amides is 1. The summed E-state index contributed by atoms with van der Waals surface area (Å²) in [5, 5.41) is 3.52. The van der Waals surface area contributed by atoms with Gasteiger partial charge >= 0.3 is 0 Å². The lowest BCUT2D eigenvalue weighted by Gasteiger charge is -2.12. The number of carbonyl (C=O) groups excluding carboxylic acids is 1. The smallest absolute Gasteiger partial charge is 0.258 e. The van der Waals surface area contributed by atoms with E-state index in [-0.39, 0.29) is 17.4 Å². The average Bonchev–Trinajstić information content (AvgIpc) is 2.73. The van der Waals surface area contributed by atoms with Crippen LogP contribution in [0.3, 0.4) is 0 Å². The number of hydrogen-bond acceptors (Lipinski definition) is 5. The number of nitrogens with one attached hydrogen (secondary N) is 2. The Balaban J connectivity index is 1.50. The number of rotatable bonds is 9. The lowest BCUT2D eigenvalue weighted by atomic mass is 10.0. The van der Waals surface area contributed by atoms with Gasteiger partial charge in [0.05, 0.1) is 25.1 Å². The SMILES string of the molecule is COc1ccc(CCNC(=O)CC(C)Cc2nc3ccccc3c(=O)[nH]2)cc1OC. The van der Waals surface area contributed by atoms with Crippen LogP contribution in [0.25, 0.3) is 10.9 Å². The number of para-hydroxylation sites is 1. The van der Waals surface area contributed by atoms with E-state index in [1.54, 1.807) is 20.3 Å². The number of fused-ring (bicyclic) bond motifs is 1. The van der Waals surface area contributed by atoms with Crippen LogP contribution in [0.4, 0.5) is 0 Å². The topological polar surface area (TPSA) is 93.3 Å². The van der Waals surface area contributed by atoms with Crippen molar-refractivity contribution in [1.82, 2.24) is 15.3 Å². The Labute approximate surface area is 175 Å². The number of aromatic amines is 1. The molecule has 3 rings (SSSR count). The van der Waals surface area contributed by atoms with Crippen LogP contribution in [0.15, 0.2) is 47.3 Å². The molecule has 0 bridgehead atoms. The Morgan fingerprint density at radius 2 is 1.90 bits per heavy atom. The van der Waals surface area contributed by atoms with Gasteiger partial charge in [0.1, 0.15) is 5.82 Å². The van der Waals surface area contributed by atoms with Gasteiger partial charge in [-0.1, -0.05) is 25.1 Å². The third-order valence-corrected chi connectivity index (χ3v) is 4.92. The summed E-state index contributed by atoms with van der Waals surface area (Å²) in [6.45, 7) is 2.51. The Morgan fingerprint density at radius 1 is 1.13 bits per heavy atom. The molecule has 2 aromatic carbocycles. The molecule has 0 saturated heterocycles. The molecule has 1 heterocycles. The van der Waals surface area contributed by atoms with Gasteiger partial charge in [-0.05, 0) is 42.2 Å². The maximum absolute atomic E-state index is 12.3. The second kappa shape index (κ2) is 9.91. The highest BCUT2D eigenvalue weighted by Crippen LogP contribution is 2.27. The van der Waals surface area contributed by atoms with Crippen LogP contribution >= 0.6 is 0 Å². The molecule has 0 aliphatic carbocycles. The van der Waals surface area contributed by atoms with Crippen LogP contribution in [0.5, 0.6) is 11.5 Å². The van der Waals surface area contributed by atoms with Gasteiger partial charge in [0.2, 0.25) is 5.91 Å². The Morgan fingerprint density at radius 3 is 2.67 bits per heavy atom. The molecule has 0 radical (unpaired) electrons. The van der Waals surface area contributed by atoms with Crippen molar-refractivity contribution in [2.75, 3.05) is 20.8 Å². The normalized spacial score (nSPS) is 11.8. The van der Waals surface area contributed by atoms with Gasteiger partial charge in [-0.3, -0.25) is 9.59 Å². The molecule has 2 N–H and O–H groups in total. The van der Waals surface area contributed by atoms with Crippen LogP contribution in [0.2, 0.25) is 0 Å². The van der Waals surface area contributed by atoms with Crippen LogP contribution in [0.1, 0.15) is 24.7 Å². The van der Waals surface area contributed by atoms with E-state index in [4.69, 9.17) is 9.47 Å². The predicted octanol–water partition coefficient (Wildman–Crippen LogP) is 2.87. The predicted molar refractivity (Wildman–Crippen MR) is 116 cm³/mol. The fourth-order valence-electron chi connectivity index (χ4n) is 3.40. The highest BCUT2D eigenvalue weighted by Gasteiger charge is 2.12. The number of hydrogen-bond donors (Lipinski definition) is 2. The van der Waals surface area contributed by atoms with Crippen molar-refractivity contribution in [1.29, 1.82) is 0 Å². The maximum Gasteiger partial charge on any atom is 0.258 e. The van der Waals surface area contributed by atoms with Crippen LogP contribution < -0.4 is 20.3 Å². The molecule has 1 unspecified atom stereocenters. The molecular weight excluding hydrogens is 382 g/mol. The zero-order valence-corrected chi connectivity index (χ0v) is 17.5. The molecule has 30 heavy (non-hydrogen) atoms. The number of methoxy groups -OCH3 is 2. The van der Waals surface area contributed by atoms with Crippen molar-refractivity contribution in [2.24, 2.45) is 5.92 Å². The first kappa shape index (κ1) is 21.4. The van der Waals surface area contributed by atoms with E-state index in [9.17, 15) is 9.59 Å². The van der Waals surface area contributed by atoms with E-state index >= 15 is 0 Å². The summed E-state index contributed by atoms with van der Waals surface area (Å²) in [6.07, 6.45) is 1.59. The summed E-state index contributed by atoms with van der Waals surface area (Å²) in [7, 11) is 3.20. The first-order chi connectivity index (χ1) is 14.5. The zero-order valence-electron chi connectivity index (χ0n) is 17.5. The van der Waals surface area contributed by atoms with Crippen molar-refractivity contribution >= 4 is 16.8 Å². The van der Waals surface area contributed by atoms with E-state index in [0.717, 1.165) is 5.56 Å². The second-order valence-electron chi connectivity index (χ2n) is 7.33. The average molecular weight is 409 g/mol. The fraction of sp³-hybridized carbons (Fsp3) is 0.348. The van der Waals surface area contributed by atoms with Gasteiger partial charge in [0.15, 0.2) is 11.5 Å². The van der Waals surface area contributed by atoms with E-state index in [0.29, 0.717) is 54.0 Å². The summed E-state index contributed by atoms with van der Waals surface area (Å²) in [6, 6.07) is 13.0. The number of aromatic nitrogens is 2. The van der Waals surface area contributed by atoms with Gasteiger partial charge in [-0.2, -0.15) is 0 Å². The molecule has 0 aliphatic heterocycles. The first-order valence-corrected chi connectivity index (χ1v) is 9.95. The molecule has 0 spiro atoms. The van der Waals surface area contributed by atoms with Crippen LogP contribution in [-0.4, -0.2) is 36.6 Å². The molecule has 0 aliphatic rings. The molecule has 7 nitrogen and oxygen atoms in total. The number of benzene rings is 2. The Bertz CT molecular complexity index is 1080. The van der Waals surface area contributed by atoms with E-state index in [2.05, 4.69) is 15.3 Å².